The zero-order valence-corrected chi connectivity index (χ0v) is 16.8. The van der Waals surface area contributed by atoms with E-state index in [1.165, 1.54) is 42.5 Å². The lowest BCUT2D eigenvalue weighted by Gasteiger charge is -2.09. The molecule has 0 aliphatic heterocycles. The number of rotatable bonds is 8. The van der Waals surface area contributed by atoms with Gasteiger partial charge in [0.2, 0.25) is 0 Å². The van der Waals surface area contributed by atoms with Crippen LogP contribution in [0.4, 0.5) is 20.2 Å². The van der Waals surface area contributed by atoms with E-state index in [4.69, 9.17) is 32.4 Å². The fourth-order valence-electron chi connectivity index (χ4n) is 2.41. The monoisotopic (exact) mass is 472 g/mol. The second-order valence-electron chi connectivity index (χ2n) is 5.90. The molecule has 31 heavy (non-hydrogen) atoms. The quantitative estimate of drug-likeness (QED) is 0.322. The largest absolute Gasteiger partial charge is 0.484 e. The Hall–Kier alpha value is -3.37. The molecule has 0 atom stereocenters. The van der Waals surface area contributed by atoms with Gasteiger partial charge in [-0.3, -0.25) is 14.9 Å². The van der Waals surface area contributed by atoms with Crippen LogP contribution in [0.3, 0.4) is 0 Å². The van der Waals surface area contributed by atoms with Gasteiger partial charge in [0.25, 0.3) is 11.6 Å². The highest BCUT2D eigenvalue weighted by Crippen LogP contribution is 2.30. The maximum absolute atomic E-state index is 12.3. The van der Waals surface area contributed by atoms with Gasteiger partial charge in [0.05, 0.1) is 15.0 Å². The number of hydrogen-bond acceptors (Lipinski definition) is 6. The lowest BCUT2D eigenvalue weighted by atomic mass is 10.3. The van der Waals surface area contributed by atoms with Crippen LogP contribution in [0.5, 0.6) is 11.5 Å². The van der Waals surface area contributed by atoms with Gasteiger partial charge in [-0.2, -0.15) is 8.78 Å². The molecule has 0 saturated heterocycles. The lowest BCUT2D eigenvalue weighted by molar-refractivity contribution is -0.384. The second-order valence-corrected chi connectivity index (χ2v) is 6.72. The fourth-order valence-corrected chi connectivity index (χ4v) is 2.86. The Morgan fingerprint density at radius 1 is 1.10 bits per heavy atom. The van der Waals surface area contributed by atoms with Crippen molar-refractivity contribution < 1.29 is 32.4 Å². The van der Waals surface area contributed by atoms with Gasteiger partial charge in [-0.1, -0.05) is 23.2 Å². The SMILES string of the molecule is O=C(Nc1ccc(OC(F)F)c(Cl)c1)c1ccc(COc2ccc([N+](=O)[O-])cc2Cl)o1. The highest BCUT2D eigenvalue weighted by molar-refractivity contribution is 6.32. The van der Waals surface area contributed by atoms with Gasteiger partial charge in [0, 0.05) is 17.8 Å². The summed E-state index contributed by atoms with van der Waals surface area (Å²) in [4.78, 5) is 22.5. The molecule has 3 aromatic rings. The molecule has 2 aromatic carbocycles. The highest BCUT2D eigenvalue weighted by Gasteiger charge is 2.15. The Morgan fingerprint density at radius 2 is 1.81 bits per heavy atom. The number of anilines is 1. The van der Waals surface area contributed by atoms with Crippen molar-refractivity contribution in [3.63, 3.8) is 0 Å². The first-order chi connectivity index (χ1) is 14.7. The summed E-state index contributed by atoms with van der Waals surface area (Å²) >= 11 is 11.8. The molecule has 0 aliphatic rings. The van der Waals surface area contributed by atoms with Crippen molar-refractivity contribution in [2.45, 2.75) is 13.2 Å². The number of halogens is 4. The summed E-state index contributed by atoms with van der Waals surface area (Å²) in [6.45, 7) is -3.11. The summed E-state index contributed by atoms with van der Waals surface area (Å²) in [5.41, 5.74) is 0.0617. The summed E-state index contributed by atoms with van der Waals surface area (Å²) in [5, 5.41) is 13.2. The number of furan rings is 1. The molecule has 0 unspecified atom stereocenters. The van der Waals surface area contributed by atoms with Crippen molar-refractivity contribution in [2.75, 3.05) is 5.32 Å². The Labute approximate surface area is 183 Å². The second kappa shape index (κ2) is 9.63. The van der Waals surface area contributed by atoms with Gasteiger partial charge in [-0.05, 0) is 36.4 Å². The smallest absolute Gasteiger partial charge is 0.387 e. The molecule has 0 radical (unpaired) electrons. The van der Waals surface area contributed by atoms with Gasteiger partial charge in [-0.25, -0.2) is 0 Å². The standard InChI is InChI=1S/C19H12Cl2F2N2O6/c20-13-7-10(1-4-16(13)31-19(22)23)24-18(26)17-6-3-12(30-17)9-29-15-5-2-11(25(27)28)8-14(15)21/h1-8,19H,9H2,(H,24,26). The number of alkyl halides is 2. The maximum Gasteiger partial charge on any atom is 0.387 e. The van der Waals surface area contributed by atoms with Crippen molar-refractivity contribution in [3.8, 4) is 11.5 Å². The average Bonchev–Trinajstić information content (AvgIpc) is 3.18. The van der Waals surface area contributed by atoms with E-state index in [0.29, 0.717) is 5.76 Å². The van der Waals surface area contributed by atoms with Gasteiger partial charge in [-0.15, -0.1) is 0 Å². The van der Waals surface area contributed by atoms with E-state index in [2.05, 4.69) is 10.1 Å². The van der Waals surface area contributed by atoms with Crippen molar-refractivity contribution >= 4 is 40.5 Å². The Balaban J connectivity index is 1.61. The van der Waals surface area contributed by atoms with E-state index in [0.717, 1.165) is 6.07 Å². The van der Waals surface area contributed by atoms with Crippen LogP contribution in [-0.2, 0) is 6.61 Å². The molecule has 162 valence electrons. The normalized spacial score (nSPS) is 10.7. The number of amides is 1. The number of nitro groups is 1. The topological polar surface area (TPSA) is 104 Å². The van der Waals surface area contributed by atoms with E-state index in [1.807, 2.05) is 0 Å². The van der Waals surface area contributed by atoms with Gasteiger partial charge >= 0.3 is 6.61 Å². The van der Waals surface area contributed by atoms with Crippen molar-refractivity contribution in [3.05, 3.63) is 80.2 Å². The van der Waals surface area contributed by atoms with Gasteiger partial charge in [0.15, 0.2) is 5.76 Å². The van der Waals surface area contributed by atoms with E-state index in [-0.39, 0.29) is 45.3 Å². The number of carbonyl (C=O) groups is 1. The molecular weight excluding hydrogens is 461 g/mol. The first kappa shape index (κ1) is 22.3. The number of carbonyl (C=O) groups excluding carboxylic acids is 1. The summed E-state index contributed by atoms with van der Waals surface area (Å²) in [5.74, 6) is -0.388. The van der Waals surface area contributed by atoms with Crippen molar-refractivity contribution in [1.82, 2.24) is 0 Å². The lowest BCUT2D eigenvalue weighted by Crippen LogP contribution is -2.11. The predicted octanol–water partition coefficient (Wildman–Crippen LogP) is 5.93. The van der Waals surface area contributed by atoms with Gasteiger partial charge in [0.1, 0.15) is 23.9 Å². The van der Waals surface area contributed by atoms with Crippen LogP contribution in [0.1, 0.15) is 16.3 Å². The molecular formula is C19H12Cl2F2N2O6. The molecule has 0 fully saturated rings. The molecule has 0 bridgehead atoms. The molecule has 0 saturated carbocycles. The number of nitrogens with one attached hydrogen (secondary N) is 1. The summed E-state index contributed by atoms with van der Waals surface area (Å²) in [6, 6.07) is 10.4. The van der Waals surface area contributed by atoms with Crippen LogP contribution in [-0.4, -0.2) is 17.4 Å². The predicted molar refractivity (Wildman–Crippen MR) is 107 cm³/mol. The number of nitro benzene ring substituents is 1. The maximum atomic E-state index is 12.3. The minimum atomic E-state index is -3.03. The van der Waals surface area contributed by atoms with Gasteiger partial charge < -0.3 is 19.2 Å². The number of nitrogens with zero attached hydrogens (tertiary/aromatic N) is 1. The number of ether oxygens (including phenoxy) is 2. The number of non-ortho nitro benzene ring substituents is 1. The molecule has 1 amide bonds. The van der Waals surface area contributed by atoms with Crippen molar-refractivity contribution in [1.29, 1.82) is 0 Å². The average molecular weight is 473 g/mol. The summed E-state index contributed by atoms with van der Waals surface area (Å²) < 4.78 is 39.6. The van der Waals surface area contributed by atoms with Crippen LogP contribution in [0, 0.1) is 10.1 Å². The van der Waals surface area contributed by atoms with Crippen LogP contribution in [0.25, 0.3) is 0 Å². The molecule has 0 spiro atoms. The molecule has 12 heteroatoms. The van der Waals surface area contributed by atoms with Crippen LogP contribution >= 0.6 is 23.2 Å². The third-order valence-electron chi connectivity index (χ3n) is 3.79. The fraction of sp³-hybridized carbons (Fsp3) is 0.105. The third kappa shape index (κ3) is 5.83. The number of benzene rings is 2. The van der Waals surface area contributed by atoms with E-state index < -0.39 is 17.4 Å². The first-order valence-corrected chi connectivity index (χ1v) is 9.19. The van der Waals surface area contributed by atoms with E-state index in [1.54, 1.807) is 0 Å². The summed E-state index contributed by atoms with van der Waals surface area (Å²) in [7, 11) is 0. The molecule has 1 N–H and O–H groups in total. The molecule has 3 rings (SSSR count). The zero-order chi connectivity index (χ0) is 22.5. The Bertz CT molecular complexity index is 1120. The highest BCUT2D eigenvalue weighted by atomic mass is 35.5. The van der Waals surface area contributed by atoms with E-state index >= 15 is 0 Å². The first-order valence-electron chi connectivity index (χ1n) is 8.44. The molecule has 1 aromatic heterocycles. The Morgan fingerprint density at radius 3 is 2.45 bits per heavy atom. The van der Waals surface area contributed by atoms with Crippen LogP contribution < -0.4 is 14.8 Å². The zero-order valence-electron chi connectivity index (χ0n) is 15.3. The van der Waals surface area contributed by atoms with Crippen molar-refractivity contribution in [2.24, 2.45) is 0 Å². The molecule has 0 aliphatic carbocycles. The number of hydrogen-bond donors (Lipinski definition) is 1. The van der Waals surface area contributed by atoms with E-state index in [9.17, 15) is 23.7 Å². The molecule has 1 heterocycles. The molecule has 8 nitrogen and oxygen atoms in total. The van der Waals surface area contributed by atoms with Crippen LogP contribution in [0.15, 0.2) is 52.9 Å². The third-order valence-corrected chi connectivity index (χ3v) is 4.38. The Kier molecular flexibility index (Phi) is 6.93. The summed E-state index contributed by atoms with van der Waals surface area (Å²) in [6.07, 6.45) is 0. The minimum Gasteiger partial charge on any atom is -0.484 e. The minimum absolute atomic E-state index is 0.0441. The van der Waals surface area contributed by atoms with Crippen LogP contribution in [0.2, 0.25) is 10.0 Å².